The van der Waals surface area contributed by atoms with Gasteiger partial charge in [0.2, 0.25) is 0 Å². The van der Waals surface area contributed by atoms with Gasteiger partial charge in [-0.3, -0.25) is 0 Å². The molecule has 0 heteroatoms. The van der Waals surface area contributed by atoms with E-state index in [1.54, 1.807) is 0 Å². The fourth-order valence-corrected chi connectivity index (χ4v) is 3.94. The van der Waals surface area contributed by atoms with Crippen molar-refractivity contribution in [2.24, 2.45) is 5.41 Å². The molecule has 0 heterocycles. The molecule has 0 aliphatic heterocycles. The molecule has 3 rings (SSSR count). The van der Waals surface area contributed by atoms with Crippen LogP contribution in [0.5, 0.6) is 0 Å². The van der Waals surface area contributed by atoms with Gasteiger partial charge in [-0.05, 0) is 83.5 Å². The van der Waals surface area contributed by atoms with Crippen LogP contribution in [0.1, 0.15) is 54.2 Å². The van der Waals surface area contributed by atoms with E-state index in [9.17, 15) is 0 Å². The van der Waals surface area contributed by atoms with Crippen molar-refractivity contribution in [3.63, 3.8) is 0 Å². The Morgan fingerprint density at radius 2 is 1.31 bits per heavy atom. The molecular weight excluding hydrogens is 348 g/mol. The van der Waals surface area contributed by atoms with Crippen molar-refractivity contribution in [2.75, 3.05) is 0 Å². The normalized spacial score (nSPS) is 11.5. The first kappa shape index (κ1) is 21.1. The molecule has 0 aliphatic carbocycles. The topological polar surface area (TPSA) is 0 Å². The van der Waals surface area contributed by atoms with Gasteiger partial charge in [0.15, 0.2) is 0 Å². The van der Waals surface area contributed by atoms with E-state index in [1.165, 1.54) is 50.1 Å². The summed E-state index contributed by atoms with van der Waals surface area (Å²) in [5, 5.41) is 0. The predicted molar refractivity (Wildman–Crippen MR) is 128 cm³/mol. The number of allylic oxidation sites excluding steroid dienone is 1. The number of benzene rings is 3. The lowest BCUT2D eigenvalue weighted by molar-refractivity contribution is 0.568. The fourth-order valence-electron chi connectivity index (χ4n) is 3.94. The van der Waals surface area contributed by atoms with E-state index in [1.807, 2.05) is 0 Å². The molecule has 0 aliphatic rings. The first-order chi connectivity index (χ1) is 13.6. The molecule has 0 unspecified atom stereocenters. The summed E-state index contributed by atoms with van der Waals surface area (Å²) < 4.78 is 0. The zero-order chi connectivity index (χ0) is 21.2. The highest BCUT2D eigenvalue weighted by Gasteiger charge is 2.16. The molecule has 0 nitrogen and oxygen atoms in total. The van der Waals surface area contributed by atoms with Gasteiger partial charge in [0.25, 0.3) is 0 Å². The molecule has 3 aromatic carbocycles. The maximum atomic E-state index is 4.32. The second kappa shape index (κ2) is 8.41. The summed E-state index contributed by atoms with van der Waals surface area (Å²) in [6, 6.07) is 22.5. The van der Waals surface area contributed by atoms with Crippen LogP contribution in [-0.2, 0) is 12.8 Å². The van der Waals surface area contributed by atoms with Gasteiger partial charge in [0.1, 0.15) is 0 Å². The largest absolute Gasteiger partial charge is 0.0947 e. The summed E-state index contributed by atoms with van der Waals surface area (Å²) in [7, 11) is 0. The van der Waals surface area contributed by atoms with Crippen molar-refractivity contribution >= 4 is 5.57 Å². The Bertz CT molecular complexity index is 1030. The van der Waals surface area contributed by atoms with Crippen molar-refractivity contribution in [3.05, 3.63) is 101 Å². The van der Waals surface area contributed by atoms with Crippen molar-refractivity contribution in [3.8, 4) is 11.1 Å². The molecule has 0 radical (unpaired) electrons. The second-order valence-corrected chi connectivity index (χ2v) is 9.40. The maximum absolute atomic E-state index is 4.32. The molecule has 0 spiro atoms. The van der Waals surface area contributed by atoms with Crippen LogP contribution in [-0.4, -0.2) is 0 Å². The van der Waals surface area contributed by atoms with Crippen LogP contribution < -0.4 is 0 Å². The number of aryl methyl sites for hydroxylation is 5. The predicted octanol–water partition coefficient (Wildman–Crippen LogP) is 8.12. The average molecular weight is 383 g/mol. The maximum Gasteiger partial charge on any atom is -0.0132 e. The minimum Gasteiger partial charge on any atom is -0.0947 e. The van der Waals surface area contributed by atoms with Crippen LogP contribution in [0.3, 0.4) is 0 Å². The molecule has 0 aromatic heterocycles. The standard InChI is InChI=1S/C29H34/c1-20-11-15-27(21(2)17-20)28-16-14-25(18-22(28)3)13-12-24-9-8-10-26(19-24)23(4)29(5,6)7/h8-11,14-19H,4,12-13H2,1-3,5-7H3. The second-order valence-electron chi connectivity index (χ2n) is 9.40. The van der Waals surface area contributed by atoms with E-state index in [0.717, 1.165) is 12.8 Å². The summed E-state index contributed by atoms with van der Waals surface area (Å²) in [6.45, 7) is 17.6. The van der Waals surface area contributed by atoms with Gasteiger partial charge in [0.05, 0.1) is 0 Å². The highest BCUT2D eigenvalue weighted by molar-refractivity contribution is 5.71. The molecule has 0 saturated carbocycles. The molecule has 3 aromatic rings. The molecule has 0 bridgehead atoms. The number of hydrogen-bond donors (Lipinski definition) is 0. The van der Waals surface area contributed by atoms with E-state index in [0.29, 0.717) is 0 Å². The molecule has 150 valence electrons. The molecule has 0 fully saturated rings. The summed E-state index contributed by atoms with van der Waals surface area (Å²) in [6.07, 6.45) is 2.10. The van der Waals surface area contributed by atoms with Crippen LogP contribution in [0.4, 0.5) is 0 Å². The minimum absolute atomic E-state index is 0.0969. The smallest absolute Gasteiger partial charge is 0.0132 e. The van der Waals surface area contributed by atoms with Gasteiger partial charge >= 0.3 is 0 Å². The van der Waals surface area contributed by atoms with Crippen molar-refractivity contribution in [1.29, 1.82) is 0 Å². The lowest BCUT2D eigenvalue weighted by Gasteiger charge is -2.22. The molecule has 0 amide bonds. The Morgan fingerprint density at radius 1 is 0.724 bits per heavy atom. The first-order valence-corrected chi connectivity index (χ1v) is 10.6. The van der Waals surface area contributed by atoms with E-state index < -0.39 is 0 Å². The lowest BCUT2D eigenvalue weighted by atomic mass is 9.82. The lowest BCUT2D eigenvalue weighted by Crippen LogP contribution is -2.07. The zero-order valence-corrected chi connectivity index (χ0v) is 18.9. The van der Waals surface area contributed by atoms with E-state index in [2.05, 4.69) is 109 Å². The third-order valence-electron chi connectivity index (χ3n) is 5.85. The van der Waals surface area contributed by atoms with Crippen LogP contribution in [0.2, 0.25) is 0 Å². The third-order valence-corrected chi connectivity index (χ3v) is 5.85. The van der Waals surface area contributed by atoms with Crippen molar-refractivity contribution in [1.82, 2.24) is 0 Å². The molecule has 29 heavy (non-hydrogen) atoms. The van der Waals surface area contributed by atoms with Crippen molar-refractivity contribution in [2.45, 2.75) is 54.4 Å². The summed E-state index contributed by atoms with van der Waals surface area (Å²) >= 11 is 0. The van der Waals surface area contributed by atoms with Crippen LogP contribution in [0, 0.1) is 26.2 Å². The highest BCUT2D eigenvalue weighted by atomic mass is 14.2. The Morgan fingerprint density at radius 3 is 1.90 bits per heavy atom. The SMILES string of the molecule is C=C(c1cccc(CCc2ccc(-c3ccc(C)cc3C)c(C)c2)c1)C(C)(C)C. The molecular formula is C29H34. The molecule has 0 atom stereocenters. The Kier molecular flexibility index (Phi) is 6.13. The molecule has 0 saturated heterocycles. The van der Waals surface area contributed by atoms with E-state index in [4.69, 9.17) is 0 Å². The number of hydrogen-bond acceptors (Lipinski definition) is 0. The summed E-state index contributed by atoms with van der Waals surface area (Å²) in [4.78, 5) is 0. The fraction of sp³-hybridized carbons (Fsp3) is 0.310. The van der Waals surface area contributed by atoms with Gasteiger partial charge < -0.3 is 0 Å². The van der Waals surface area contributed by atoms with Gasteiger partial charge in [-0.15, -0.1) is 0 Å². The zero-order valence-electron chi connectivity index (χ0n) is 18.9. The van der Waals surface area contributed by atoms with Crippen LogP contribution in [0.15, 0.2) is 67.2 Å². The third kappa shape index (κ3) is 5.07. The quantitative estimate of drug-likeness (QED) is 0.418. The Hall–Kier alpha value is -2.60. The van der Waals surface area contributed by atoms with Gasteiger partial charge in [-0.1, -0.05) is 93.6 Å². The average Bonchev–Trinajstić information content (AvgIpc) is 2.66. The van der Waals surface area contributed by atoms with Crippen LogP contribution in [0.25, 0.3) is 16.7 Å². The number of rotatable bonds is 5. The minimum atomic E-state index is 0.0969. The van der Waals surface area contributed by atoms with Gasteiger partial charge in [-0.25, -0.2) is 0 Å². The van der Waals surface area contributed by atoms with Crippen LogP contribution >= 0.6 is 0 Å². The van der Waals surface area contributed by atoms with E-state index >= 15 is 0 Å². The Labute approximate surface area is 177 Å². The Balaban J connectivity index is 1.75. The highest BCUT2D eigenvalue weighted by Crippen LogP contribution is 2.33. The summed E-state index contributed by atoms with van der Waals surface area (Å²) in [5.41, 5.74) is 12.0. The van der Waals surface area contributed by atoms with E-state index in [-0.39, 0.29) is 5.41 Å². The van der Waals surface area contributed by atoms with Gasteiger partial charge in [-0.2, -0.15) is 0 Å². The monoisotopic (exact) mass is 382 g/mol. The summed E-state index contributed by atoms with van der Waals surface area (Å²) in [5.74, 6) is 0. The molecule has 0 N–H and O–H groups in total. The first-order valence-electron chi connectivity index (χ1n) is 10.6. The van der Waals surface area contributed by atoms with Crippen molar-refractivity contribution < 1.29 is 0 Å². The van der Waals surface area contributed by atoms with Gasteiger partial charge in [0, 0.05) is 0 Å².